The van der Waals surface area contributed by atoms with Gasteiger partial charge in [0.25, 0.3) is 0 Å². The molecule has 0 atom stereocenters. The topological polar surface area (TPSA) is 63.2 Å². The molecule has 0 unspecified atom stereocenters. The van der Waals surface area contributed by atoms with E-state index in [9.17, 15) is 0 Å². The molecule has 0 heterocycles. The van der Waals surface area contributed by atoms with Crippen LogP contribution >= 0.6 is 13.5 Å². The van der Waals surface area contributed by atoms with Crippen molar-refractivity contribution in [2.24, 2.45) is 0 Å². The first-order chi connectivity index (χ1) is 1.73. The van der Waals surface area contributed by atoms with E-state index in [1.54, 1.807) is 0 Å². The molecule has 5 heteroatoms. The Kier molecular flexibility index (Phi) is 24.5. The molecule has 0 aromatic rings. The van der Waals surface area contributed by atoms with Crippen molar-refractivity contribution >= 4 is 57.4 Å². The molecule has 0 fully saturated rings. The molecule has 0 amide bonds. The zero-order valence-electron chi connectivity index (χ0n) is 2.84. The van der Waals surface area contributed by atoms with Gasteiger partial charge in [0, 0.05) is 13.5 Å². The maximum atomic E-state index is 8.33. The van der Waals surface area contributed by atoms with Gasteiger partial charge in [-0.1, -0.05) is 0 Å². The minimum Gasteiger partial charge on any atom is -0.652 e. The third-order valence-electron chi connectivity index (χ3n) is 0. The van der Waals surface area contributed by atoms with Crippen LogP contribution in [-0.4, -0.2) is 43.9 Å². The van der Waals surface area contributed by atoms with Crippen LogP contribution in [0.3, 0.4) is 0 Å². The zero-order valence-corrected chi connectivity index (χ0v) is 5.86. The maximum Gasteiger partial charge on any atom is 2.00 e. The van der Waals surface area contributed by atoms with E-state index >= 15 is 0 Å². The van der Waals surface area contributed by atoms with Gasteiger partial charge in [-0.3, -0.25) is 0 Å². The zero-order chi connectivity index (χ0) is 3.58. The van der Waals surface area contributed by atoms with E-state index < -0.39 is 6.16 Å². The Morgan fingerprint density at radius 3 is 1.33 bits per heavy atom. The molecule has 0 aliphatic carbocycles. The summed E-state index contributed by atoms with van der Waals surface area (Å²) in [6, 6.07) is 0. The first kappa shape index (κ1) is 15.8. The Hall–Kier alpha value is 0.880. The molecule has 0 rings (SSSR count). The second kappa shape index (κ2) is 9.30. The fourth-order valence-corrected chi connectivity index (χ4v) is 0. The Balaban J connectivity index is -0.0000000450. The van der Waals surface area contributed by atoms with Crippen molar-refractivity contribution in [3.63, 3.8) is 0 Å². The van der Waals surface area contributed by atoms with Gasteiger partial charge in [-0.2, -0.15) is 0 Å². The van der Waals surface area contributed by atoms with Crippen molar-refractivity contribution in [3.05, 3.63) is 0 Å². The van der Waals surface area contributed by atoms with E-state index in [1.165, 1.54) is 0 Å². The average Bonchev–Trinajstić information content (AvgIpc) is 0.811. The SMILES string of the molecule is O=C([O-])[O-].[Ca+2].[S]. The van der Waals surface area contributed by atoms with Crippen molar-refractivity contribution in [2.45, 2.75) is 0 Å². The van der Waals surface area contributed by atoms with Gasteiger partial charge in [0.2, 0.25) is 0 Å². The van der Waals surface area contributed by atoms with Gasteiger partial charge in [-0.25, -0.2) is 0 Å². The molecular weight excluding hydrogens is 132 g/mol. The summed E-state index contributed by atoms with van der Waals surface area (Å²) in [6.45, 7) is 0. The first-order valence-corrected chi connectivity index (χ1v) is 0.612. The average molecular weight is 132 g/mol. The van der Waals surface area contributed by atoms with Crippen molar-refractivity contribution in [2.75, 3.05) is 0 Å². The van der Waals surface area contributed by atoms with Crippen molar-refractivity contribution in [1.29, 1.82) is 0 Å². The van der Waals surface area contributed by atoms with Gasteiger partial charge < -0.3 is 15.0 Å². The van der Waals surface area contributed by atoms with Crippen molar-refractivity contribution in [3.8, 4) is 0 Å². The Morgan fingerprint density at radius 2 is 1.33 bits per heavy atom. The van der Waals surface area contributed by atoms with Gasteiger partial charge in [0.05, 0.1) is 0 Å². The molecule has 0 aromatic heterocycles. The summed E-state index contributed by atoms with van der Waals surface area (Å²) < 4.78 is 0. The number of rotatable bonds is 0. The van der Waals surface area contributed by atoms with Crippen LogP contribution in [-0.2, 0) is 0 Å². The van der Waals surface area contributed by atoms with Crippen LogP contribution in [0, 0.1) is 0 Å². The molecule has 6 heavy (non-hydrogen) atoms. The molecule has 0 aliphatic rings. The first-order valence-electron chi connectivity index (χ1n) is 0.612. The van der Waals surface area contributed by atoms with Gasteiger partial charge in [0.15, 0.2) is 0 Å². The molecule has 3 nitrogen and oxygen atoms in total. The molecule has 30 valence electrons. The smallest absolute Gasteiger partial charge is 0.652 e. The van der Waals surface area contributed by atoms with Crippen LogP contribution in [0.5, 0.6) is 0 Å². The monoisotopic (exact) mass is 132 g/mol. The van der Waals surface area contributed by atoms with Crippen LogP contribution < -0.4 is 10.2 Å². The quantitative estimate of drug-likeness (QED) is 0.352. The largest absolute Gasteiger partial charge is 2.00 e. The molecule has 0 saturated heterocycles. The second-order valence-corrected chi connectivity index (χ2v) is 0.250. The van der Waals surface area contributed by atoms with E-state index in [1.807, 2.05) is 0 Å². The summed E-state index contributed by atoms with van der Waals surface area (Å²) in [5.41, 5.74) is 0. The predicted octanol–water partition coefficient (Wildman–Crippen LogP) is -2.18. The Morgan fingerprint density at radius 1 is 1.33 bits per heavy atom. The fraction of sp³-hybridized carbons (Fsp3) is 0. The van der Waals surface area contributed by atoms with Gasteiger partial charge in [-0.15, -0.1) is 0 Å². The molecule has 0 bridgehead atoms. The van der Waals surface area contributed by atoms with Crippen molar-refractivity contribution in [1.82, 2.24) is 0 Å². The Labute approximate surface area is 71.8 Å². The molecule has 0 aromatic carbocycles. The predicted molar refractivity (Wildman–Crippen MR) is 18.7 cm³/mol. The summed E-state index contributed by atoms with van der Waals surface area (Å²) in [5.74, 6) is 0. The summed E-state index contributed by atoms with van der Waals surface area (Å²) in [7, 11) is 0. The van der Waals surface area contributed by atoms with E-state index in [0.717, 1.165) is 0 Å². The Bertz CT molecular complexity index is 33.8. The summed E-state index contributed by atoms with van der Waals surface area (Å²) in [4.78, 5) is 8.33. The number of hydrogen-bond donors (Lipinski definition) is 0. The van der Waals surface area contributed by atoms with E-state index in [4.69, 9.17) is 15.0 Å². The van der Waals surface area contributed by atoms with Gasteiger partial charge in [0.1, 0.15) is 0 Å². The molecular formula is CCaO3S. The maximum absolute atomic E-state index is 8.33. The van der Waals surface area contributed by atoms with E-state index in [2.05, 4.69) is 0 Å². The summed E-state index contributed by atoms with van der Waals surface area (Å²) >= 11 is 0. The van der Waals surface area contributed by atoms with E-state index in [-0.39, 0.29) is 51.2 Å². The molecule has 2 radical (unpaired) electrons. The van der Waals surface area contributed by atoms with Crippen LogP contribution in [0.1, 0.15) is 0 Å². The van der Waals surface area contributed by atoms with Crippen molar-refractivity contribution < 1.29 is 15.0 Å². The second-order valence-electron chi connectivity index (χ2n) is 0.250. The number of carbonyl (C=O) groups is 1. The minimum absolute atomic E-state index is 0. The van der Waals surface area contributed by atoms with Crippen LogP contribution in [0.25, 0.3) is 0 Å². The normalized spacial score (nSPS) is 4.00. The van der Waals surface area contributed by atoms with Crippen LogP contribution in [0.2, 0.25) is 0 Å². The minimum atomic E-state index is -2.33. The van der Waals surface area contributed by atoms with E-state index in [0.29, 0.717) is 0 Å². The summed E-state index contributed by atoms with van der Waals surface area (Å²) in [6.07, 6.45) is -2.33. The number of carbonyl (C=O) groups excluding carboxylic acids is 1. The fourth-order valence-electron chi connectivity index (χ4n) is 0. The third kappa shape index (κ3) is 94.9. The molecule has 0 spiro atoms. The summed E-state index contributed by atoms with van der Waals surface area (Å²) in [5, 5.41) is 16.7. The van der Waals surface area contributed by atoms with Crippen LogP contribution in [0.15, 0.2) is 0 Å². The molecule has 0 saturated carbocycles. The molecule has 0 N–H and O–H groups in total. The third-order valence-corrected chi connectivity index (χ3v) is 0. The van der Waals surface area contributed by atoms with Gasteiger partial charge in [-0.05, 0) is 6.16 Å². The van der Waals surface area contributed by atoms with Gasteiger partial charge >= 0.3 is 37.7 Å². The number of carboxylic acid groups (broad SMARTS) is 2. The number of hydrogen-bond acceptors (Lipinski definition) is 3. The molecule has 0 aliphatic heterocycles. The van der Waals surface area contributed by atoms with Crippen LogP contribution in [0.4, 0.5) is 4.79 Å². The standard InChI is InChI=1S/CH2O3.Ca.S/c2-1(3)4;;/h(H2,2,3,4);;/q;+2;/p-2.